The normalized spacial score (nSPS) is 11.0. The van der Waals surface area contributed by atoms with Crippen LogP contribution in [0.25, 0.3) is 11.4 Å². The maximum Gasteiger partial charge on any atom is 0.191 e. The van der Waals surface area contributed by atoms with E-state index < -0.39 is 0 Å². The number of hydrogen-bond acceptors (Lipinski definition) is 5. The van der Waals surface area contributed by atoms with Gasteiger partial charge in [-0.15, -0.1) is 10.2 Å². The maximum atomic E-state index is 5.22. The molecule has 1 aromatic carbocycles. The Bertz CT molecular complexity index is 809. The lowest BCUT2D eigenvalue weighted by molar-refractivity contribution is 0.415. The molecule has 6 nitrogen and oxygen atoms in total. The van der Waals surface area contributed by atoms with Gasteiger partial charge < -0.3 is 9.30 Å². The van der Waals surface area contributed by atoms with Gasteiger partial charge in [0.1, 0.15) is 5.75 Å². The lowest BCUT2D eigenvalue weighted by Crippen LogP contribution is -2.00. The van der Waals surface area contributed by atoms with Crippen LogP contribution in [-0.2, 0) is 20.0 Å². The summed E-state index contributed by atoms with van der Waals surface area (Å²) in [5, 5.41) is 14.0. The third-order valence-electron chi connectivity index (χ3n) is 3.98. The van der Waals surface area contributed by atoms with Gasteiger partial charge in [-0.05, 0) is 49.6 Å². The van der Waals surface area contributed by atoms with E-state index in [0.717, 1.165) is 47.4 Å². The van der Waals surface area contributed by atoms with Gasteiger partial charge >= 0.3 is 0 Å². The van der Waals surface area contributed by atoms with E-state index in [9.17, 15) is 0 Å². The molecular weight excluding hydrogens is 334 g/mol. The molecule has 0 saturated carbocycles. The second kappa shape index (κ2) is 8.20. The molecule has 0 fully saturated rings. The number of rotatable bonds is 8. The Morgan fingerprint density at radius 1 is 1.16 bits per heavy atom. The van der Waals surface area contributed by atoms with Crippen LogP contribution in [0.2, 0.25) is 0 Å². The SMILES string of the molecule is CCn1c(SCCCc2cnn(C)c2)nnc1-c1ccc(OC)cc1. The molecular formula is C18H23N5OS. The van der Waals surface area contributed by atoms with Crippen molar-refractivity contribution in [1.82, 2.24) is 24.5 Å². The molecule has 0 saturated heterocycles. The van der Waals surface area contributed by atoms with Crippen molar-refractivity contribution in [1.29, 1.82) is 0 Å². The zero-order valence-corrected chi connectivity index (χ0v) is 15.7. The lowest BCUT2D eigenvalue weighted by atomic mass is 10.2. The Balaban J connectivity index is 1.62. The molecule has 0 amide bonds. The van der Waals surface area contributed by atoms with Crippen molar-refractivity contribution in [3.8, 4) is 17.1 Å². The molecule has 132 valence electrons. The van der Waals surface area contributed by atoms with Crippen molar-refractivity contribution >= 4 is 11.8 Å². The van der Waals surface area contributed by atoms with E-state index in [-0.39, 0.29) is 0 Å². The third kappa shape index (κ3) is 4.22. The minimum Gasteiger partial charge on any atom is -0.497 e. The number of ether oxygens (including phenoxy) is 1. The fraction of sp³-hybridized carbons (Fsp3) is 0.389. The van der Waals surface area contributed by atoms with E-state index in [0.29, 0.717) is 0 Å². The molecule has 0 N–H and O–H groups in total. The van der Waals surface area contributed by atoms with E-state index in [1.807, 2.05) is 42.2 Å². The Kier molecular flexibility index (Phi) is 5.75. The second-order valence-electron chi connectivity index (χ2n) is 5.75. The number of hydrogen-bond donors (Lipinski definition) is 0. The standard InChI is InChI=1S/C18H23N5OS/c1-4-23-17(15-7-9-16(24-3)10-8-15)20-21-18(23)25-11-5-6-14-12-19-22(2)13-14/h7-10,12-13H,4-6,11H2,1-3H3. The Labute approximate surface area is 152 Å². The Hall–Kier alpha value is -2.28. The number of methoxy groups -OCH3 is 1. The zero-order valence-electron chi connectivity index (χ0n) is 14.8. The summed E-state index contributed by atoms with van der Waals surface area (Å²) in [4.78, 5) is 0. The van der Waals surface area contributed by atoms with Crippen LogP contribution in [-0.4, -0.2) is 37.4 Å². The van der Waals surface area contributed by atoms with Gasteiger partial charge in [-0.1, -0.05) is 11.8 Å². The predicted octanol–water partition coefficient (Wildman–Crippen LogP) is 3.43. The lowest BCUT2D eigenvalue weighted by Gasteiger charge is -2.08. The van der Waals surface area contributed by atoms with E-state index in [1.165, 1.54) is 5.56 Å². The highest BCUT2D eigenvalue weighted by Gasteiger charge is 2.13. The monoisotopic (exact) mass is 357 g/mol. The van der Waals surface area contributed by atoms with Gasteiger partial charge in [-0.2, -0.15) is 5.10 Å². The largest absolute Gasteiger partial charge is 0.497 e. The van der Waals surface area contributed by atoms with Crippen molar-refractivity contribution in [2.75, 3.05) is 12.9 Å². The van der Waals surface area contributed by atoms with Gasteiger partial charge in [0.05, 0.1) is 13.3 Å². The van der Waals surface area contributed by atoms with Crippen LogP contribution < -0.4 is 4.74 Å². The van der Waals surface area contributed by atoms with Crippen LogP contribution in [0.15, 0.2) is 41.8 Å². The van der Waals surface area contributed by atoms with Crippen LogP contribution in [0.3, 0.4) is 0 Å². The first-order valence-corrected chi connectivity index (χ1v) is 9.37. The van der Waals surface area contributed by atoms with Crippen LogP contribution in [0.1, 0.15) is 18.9 Å². The van der Waals surface area contributed by atoms with E-state index >= 15 is 0 Å². The third-order valence-corrected chi connectivity index (χ3v) is 5.03. The average Bonchev–Trinajstić information content (AvgIpc) is 3.24. The first-order chi connectivity index (χ1) is 12.2. The minimum absolute atomic E-state index is 0.844. The van der Waals surface area contributed by atoms with Gasteiger partial charge in [0.25, 0.3) is 0 Å². The predicted molar refractivity (Wildman–Crippen MR) is 99.9 cm³/mol. The molecule has 0 radical (unpaired) electrons. The van der Waals surface area contributed by atoms with Gasteiger partial charge in [0.15, 0.2) is 11.0 Å². The first-order valence-electron chi connectivity index (χ1n) is 8.39. The summed E-state index contributed by atoms with van der Waals surface area (Å²) in [5.74, 6) is 2.76. The van der Waals surface area contributed by atoms with Crippen molar-refractivity contribution in [2.24, 2.45) is 7.05 Å². The number of aryl methyl sites for hydroxylation is 2. The second-order valence-corrected chi connectivity index (χ2v) is 6.82. The minimum atomic E-state index is 0.844. The molecule has 0 bridgehead atoms. The molecule has 2 heterocycles. The van der Waals surface area contributed by atoms with Crippen molar-refractivity contribution in [3.05, 3.63) is 42.2 Å². The van der Waals surface area contributed by atoms with Crippen LogP contribution >= 0.6 is 11.8 Å². The number of aromatic nitrogens is 5. The maximum absolute atomic E-state index is 5.22. The molecule has 0 atom stereocenters. The highest BCUT2D eigenvalue weighted by Crippen LogP contribution is 2.26. The molecule has 0 spiro atoms. The van der Waals surface area contributed by atoms with Crippen molar-refractivity contribution < 1.29 is 4.74 Å². The van der Waals surface area contributed by atoms with E-state index in [2.05, 4.69) is 33.0 Å². The topological polar surface area (TPSA) is 57.8 Å². The molecule has 0 aliphatic carbocycles. The summed E-state index contributed by atoms with van der Waals surface area (Å²) in [6, 6.07) is 7.94. The summed E-state index contributed by atoms with van der Waals surface area (Å²) in [6.07, 6.45) is 6.12. The number of thioether (sulfide) groups is 1. The zero-order chi connectivity index (χ0) is 17.6. The molecule has 25 heavy (non-hydrogen) atoms. The quantitative estimate of drug-likeness (QED) is 0.457. The highest BCUT2D eigenvalue weighted by atomic mass is 32.2. The molecule has 7 heteroatoms. The van der Waals surface area contributed by atoms with Gasteiger partial charge in [0, 0.05) is 31.1 Å². The van der Waals surface area contributed by atoms with E-state index in [4.69, 9.17) is 4.74 Å². The number of benzene rings is 1. The van der Waals surface area contributed by atoms with Crippen LogP contribution in [0, 0.1) is 0 Å². The summed E-state index contributed by atoms with van der Waals surface area (Å²) in [5.41, 5.74) is 2.33. The summed E-state index contributed by atoms with van der Waals surface area (Å²) < 4.78 is 9.23. The first kappa shape index (κ1) is 17.5. The van der Waals surface area contributed by atoms with Gasteiger partial charge in [-0.25, -0.2) is 0 Å². The van der Waals surface area contributed by atoms with Crippen LogP contribution in [0.4, 0.5) is 0 Å². The smallest absolute Gasteiger partial charge is 0.191 e. The summed E-state index contributed by atoms with van der Waals surface area (Å²) in [7, 11) is 3.62. The van der Waals surface area contributed by atoms with E-state index in [1.54, 1.807) is 18.9 Å². The fourth-order valence-corrected chi connectivity index (χ4v) is 3.62. The molecule has 0 aliphatic heterocycles. The van der Waals surface area contributed by atoms with Gasteiger partial charge in [-0.3, -0.25) is 4.68 Å². The molecule has 3 aromatic rings. The fourth-order valence-electron chi connectivity index (χ4n) is 2.67. The Morgan fingerprint density at radius 3 is 2.60 bits per heavy atom. The summed E-state index contributed by atoms with van der Waals surface area (Å²) in [6.45, 7) is 2.97. The van der Waals surface area contributed by atoms with Crippen molar-refractivity contribution in [3.63, 3.8) is 0 Å². The summed E-state index contributed by atoms with van der Waals surface area (Å²) >= 11 is 1.76. The molecule has 3 rings (SSSR count). The van der Waals surface area contributed by atoms with Crippen LogP contribution in [0.5, 0.6) is 5.75 Å². The Morgan fingerprint density at radius 2 is 1.96 bits per heavy atom. The molecule has 0 aliphatic rings. The number of nitrogens with zero attached hydrogens (tertiary/aromatic N) is 5. The molecule has 2 aromatic heterocycles. The van der Waals surface area contributed by atoms with Crippen molar-refractivity contribution in [2.45, 2.75) is 31.5 Å². The molecule has 0 unspecified atom stereocenters. The van der Waals surface area contributed by atoms with Gasteiger partial charge in [0.2, 0.25) is 0 Å². The average molecular weight is 357 g/mol. The highest BCUT2D eigenvalue weighted by molar-refractivity contribution is 7.99.